The molecule has 0 fully saturated rings. The molecule has 0 saturated carbocycles. The fourth-order valence-corrected chi connectivity index (χ4v) is 4.72. The smallest absolute Gasteiger partial charge is 0.250 e. The first-order valence-corrected chi connectivity index (χ1v) is 10.1. The van der Waals surface area contributed by atoms with Crippen LogP contribution in [0.5, 0.6) is 0 Å². The number of hydrogen-bond donors (Lipinski definition) is 1. The third-order valence-corrected chi connectivity index (χ3v) is 6.71. The van der Waals surface area contributed by atoms with Crippen molar-refractivity contribution < 1.29 is 13.2 Å². The summed E-state index contributed by atoms with van der Waals surface area (Å²) in [5.41, 5.74) is 1.87. The Bertz CT molecular complexity index is 965. The van der Waals surface area contributed by atoms with Crippen molar-refractivity contribution in [2.24, 2.45) is 0 Å². The van der Waals surface area contributed by atoms with Crippen molar-refractivity contribution in [3.05, 3.63) is 88.8 Å². The van der Waals surface area contributed by atoms with Gasteiger partial charge in [0.2, 0.25) is 0 Å². The molecule has 4 nitrogen and oxygen atoms in total. The molecule has 0 bridgehead atoms. The molecule has 6 heteroatoms. The molecule has 0 saturated heterocycles. The number of carbonyl (C=O) groups excluding carboxylic acids is 1. The van der Waals surface area contributed by atoms with Gasteiger partial charge in [-0.3, -0.25) is 4.79 Å². The van der Waals surface area contributed by atoms with Crippen LogP contribution >= 0.6 is 11.3 Å². The lowest BCUT2D eigenvalue weighted by atomic mass is 9.99. The Hall–Kier alpha value is -2.28. The highest BCUT2D eigenvalue weighted by molar-refractivity contribution is 7.91. The zero-order valence-electron chi connectivity index (χ0n) is 13.5. The van der Waals surface area contributed by atoms with Crippen molar-refractivity contribution in [2.45, 2.75) is 17.2 Å². The highest BCUT2D eigenvalue weighted by atomic mass is 32.2. The first-order valence-electron chi connectivity index (χ1n) is 7.73. The Labute approximate surface area is 151 Å². The molecule has 1 aromatic heterocycles. The van der Waals surface area contributed by atoms with Gasteiger partial charge in [-0.05, 0) is 30.0 Å². The second-order valence-electron chi connectivity index (χ2n) is 5.60. The fraction of sp³-hybridized carbons (Fsp3) is 0.105. The summed E-state index contributed by atoms with van der Waals surface area (Å²) >= 11 is 1.17. The van der Waals surface area contributed by atoms with E-state index in [0.717, 1.165) is 5.56 Å². The maximum Gasteiger partial charge on any atom is 0.250 e. The highest BCUT2D eigenvalue weighted by Crippen LogP contribution is 2.21. The number of ketones is 1. The number of hydrogen-bond acceptors (Lipinski definition) is 4. The van der Waals surface area contributed by atoms with Crippen LogP contribution in [0.15, 0.2) is 76.3 Å². The van der Waals surface area contributed by atoms with Crippen LogP contribution in [0.2, 0.25) is 0 Å². The van der Waals surface area contributed by atoms with Crippen molar-refractivity contribution in [1.29, 1.82) is 0 Å². The topological polar surface area (TPSA) is 63.2 Å². The summed E-state index contributed by atoms with van der Waals surface area (Å²) in [4.78, 5) is 12.6. The van der Waals surface area contributed by atoms with E-state index >= 15 is 0 Å². The Morgan fingerprint density at radius 2 is 1.68 bits per heavy atom. The van der Waals surface area contributed by atoms with Crippen LogP contribution in [-0.2, 0) is 10.0 Å². The molecule has 1 heterocycles. The zero-order chi connectivity index (χ0) is 17.9. The molecule has 1 N–H and O–H groups in total. The average molecular weight is 371 g/mol. The summed E-state index contributed by atoms with van der Waals surface area (Å²) in [5, 5.41) is 1.72. The molecular formula is C19H17NO3S2. The standard InChI is InChI=1S/C19H17NO3S2/c1-14(20-25(22,23)18-11-6-12-24-18)16-9-5-10-17(13-16)19(21)15-7-3-2-4-8-15/h2-14,20H,1H3/t14-/m1/s1. The molecule has 0 aliphatic carbocycles. The largest absolute Gasteiger partial charge is 0.289 e. The highest BCUT2D eigenvalue weighted by Gasteiger charge is 2.20. The molecule has 0 unspecified atom stereocenters. The van der Waals surface area contributed by atoms with Crippen LogP contribution in [0.3, 0.4) is 0 Å². The van der Waals surface area contributed by atoms with E-state index in [-0.39, 0.29) is 9.99 Å². The minimum atomic E-state index is -3.57. The van der Waals surface area contributed by atoms with Crippen LogP contribution < -0.4 is 4.72 Å². The van der Waals surface area contributed by atoms with Gasteiger partial charge in [0.05, 0.1) is 0 Å². The van der Waals surface area contributed by atoms with Crippen LogP contribution in [0.25, 0.3) is 0 Å². The molecule has 3 rings (SSSR count). The van der Waals surface area contributed by atoms with Gasteiger partial charge in [-0.2, -0.15) is 0 Å². The number of carbonyl (C=O) groups is 1. The summed E-state index contributed by atoms with van der Waals surface area (Å²) in [6, 6.07) is 18.9. The predicted molar refractivity (Wildman–Crippen MR) is 99.4 cm³/mol. The lowest BCUT2D eigenvalue weighted by Crippen LogP contribution is -2.26. The third-order valence-electron chi connectivity index (χ3n) is 3.78. The Balaban J connectivity index is 1.83. The third kappa shape index (κ3) is 4.04. The van der Waals surface area contributed by atoms with E-state index < -0.39 is 16.1 Å². The van der Waals surface area contributed by atoms with E-state index in [0.29, 0.717) is 11.1 Å². The molecule has 1 atom stereocenters. The SMILES string of the molecule is C[C@@H](NS(=O)(=O)c1cccs1)c1cccc(C(=O)c2ccccc2)c1. The van der Waals surface area contributed by atoms with Crippen LogP contribution in [0, 0.1) is 0 Å². The molecule has 25 heavy (non-hydrogen) atoms. The molecule has 3 aromatic rings. The van der Waals surface area contributed by atoms with Gasteiger partial charge in [-0.1, -0.05) is 54.6 Å². The maximum atomic E-state index is 12.6. The number of thiophene rings is 1. The van der Waals surface area contributed by atoms with Crippen molar-refractivity contribution in [1.82, 2.24) is 4.72 Å². The first kappa shape index (κ1) is 17.5. The summed E-state index contributed by atoms with van der Waals surface area (Å²) in [6.07, 6.45) is 0. The number of nitrogens with one attached hydrogen (secondary N) is 1. The Morgan fingerprint density at radius 1 is 0.960 bits per heavy atom. The second-order valence-corrected chi connectivity index (χ2v) is 8.48. The van der Waals surface area contributed by atoms with Crippen LogP contribution in [0.1, 0.15) is 34.5 Å². The van der Waals surface area contributed by atoms with Crippen LogP contribution in [0.4, 0.5) is 0 Å². The van der Waals surface area contributed by atoms with Gasteiger partial charge in [0.15, 0.2) is 5.78 Å². The summed E-state index contributed by atoms with van der Waals surface area (Å²) in [6.45, 7) is 1.76. The minimum Gasteiger partial charge on any atom is -0.289 e. The van der Waals surface area contributed by atoms with Gasteiger partial charge in [0.25, 0.3) is 10.0 Å². The average Bonchev–Trinajstić information content (AvgIpc) is 3.17. The molecule has 0 radical (unpaired) electrons. The first-order chi connectivity index (χ1) is 12.0. The molecular weight excluding hydrogens is 354 g/mol. The minimum absolute atomic E-state index is 0.0873. The van der Waals surface area contributed by atoms with Gasteiger partial charge in [-0.15, -0.1) is 11.3 Å². The Morgan fingerprint density at radius 3 is 2.36 bits per heavy atom. The van der Waals surface area contributed by atoms with Gasteiger partial charge in [0.1, 0.15) is 4.21 Å². The molecule has 2 aromatic carbocycles. The lowest BCUT2D eigenvalue weighted by molar-refractivity contribution is 0.103. The monoisotopic (exact) mass is 371 g/mol. The van der Waals surface area contributed by atoms with Crippen molar-refractivity contribution in [2.75, 3.05) is 0 Å². The van der Waals surface area contributed by atoms with Crippen molar-refractivity contribution in [3.63, 3.8) is 0 Å². The maximum absolute atomic E-state index is 12.6. The normalized spacial score (nSPS) is 12.7. The summed E-state index contributed by atoms with van der Waals surface area (Å²) in [7, 11) is -3.57. The zero-order valence-corrected chi connectivity index (χ0v) is 15.2. The molecule has 0 spiro atoms. The summed E-state index contributed by atoms with van der Waals surface area (Å²) < 4.78 is 27.6. The van der Waals surface area contributed by atoms with Gasteiger partial charge in [-0.25, -0.2) is 13.1 Å². The Kier molecular flexibility index (Phi) is 5.13. The molecule has 0 amide bonds. The number of rotatable bonds is 6. The molecule has 0 aliphatic rings. The van der Waals surface area contributed by atoms with E-state index in [1.54, 1.807) is 54.8 Å². The van der Waals surface area contributed by atoms with E-state index in [2.05, 4.69) is 4.72 Å². The second kappa shape index (κ2) is 7.31. The van der Waals surface area contributed by atoms with Crippen molar-refractivity contribution in [3.8, 4) is 0 Å². The van der Waals surface area contributed by atoms with Gasteiger partial charge in [0, 0.05) is 17.2 Å². The fourth-order valence-electron chi connectivity index (χ4n) is 2.48. The predicted octanol–water partition coefficient (Wildman–Crippen LogP) is 4.02. The van der Waals surface area contributed by atoms with Crippen molar-refractivity contribution >= 4 is 27.1 Å². The van der Waals surface area contributed by atoms with E-state index in [1.807, 2.05) is 24.3 Å². The summed E-state index contributed by atoms with van der Waals surface area (Å²) in [5.74, 6) is -0.0873. The van der Waals surface area contributed by atoms with Crippen LogP contribution in [-0.4, -0.2) is 14.2 Å². The van der Waals surface area contributed by atoms with E-state index in [9.17, 15) is 13.2 Å². The number of benzene rings is 2. The van der Waals surface area contributed by atoms with Gasteiger partial charge < -0.3 is 0 Å². The quantitative estimate of drug-likeness (QED) is 0.666. The lowest BCUT2D eigenvalue weighted by Gasteiger charge is -2.14. The van der Waals surface area contributed by atoms with E-state index in [1.165, 1.54) is 11.3 Å². The number of sulfonamides is 1. The van der Waals surface area contributed by atoms with Gasteiger partial charge >= 0.3 is 0 Å². The molecule has 0 aliphatic heterocycles. The molecule has 128 valence electrons. The van der Waals surface area contributed by atoms with E-state index in [4.69, 9.17) is 0 Å².